The molecule has 1 saturated heterocycles. The zero-order valence-electron chi connectivity index (χ0n) is 18.0. The first-order valence-electron chi connectivity index (χ1n) is 10.4. The highest BCUT2D eigenvalue weighted by Crippen LogP contribution is 2.34. The van der Waals surface area contributed by atoms with Gasteiger partial charge in [-0.05, 0) is 48.0 Å². The van der Waals surface area contributed by atoms with Gasteiger partial charge in [0.25, 0.3) is 5.91 Å². The van der Waals surface area contributed by atoms with Gasteiger partial charge < -0.3 is 5.32 Å². The number of benzene rings is 3. The summed E-state index contributed by atoms with van der Waals surface area (Å²) in [5.74, 6) is -0.867. The van der Waals surface area contributed by atoms with E-state index >= 15 is 0 Å². The van der Waals surface area contributed by atoms with Crippen LogP contribution in [0.4, 0.5) is 13.2 Å². The van der Waals surface area contributed by atoms with Crippen molar-refractivity contribution in [1.29, 1.82) is 0 Å². The number of hydrogen-bond donors (Lipinski definition) is 1. The summed E-state index contributed by atoms with van der Waals surface area (Å²) < 4.78 is 66.4. The summed E-state index contributed by atoms with van der Waals surface area (Å²) in [6.45, 7) is -0.0302. The van der Waals surface area contributed by atoms with E-state index in [1.54, 1.807) is 12.1 Å². The summed E-state index contributed by atoms with van der Waals surface area (Å²) in [5.41, 5.74) is 0.0933. The molecule has 3 aromatic carbocycles. The number of sulfonamides is 1. The van der Waals surface area contributed by atoms with Gasteiger partial charge in [0.2, 0.25) is 10.0 Å². The average molecular weight is 543 g/mol. The first kappa shape index (κ1) is 25.5. The summed E-state index contributed by atoms with van der Waals surface area (Å²) in [7, 11) is -4.12. The van der Waals surface area contributed by atoms with Crippen LogP contribution < -0.4 is 5.32 Å². The number of alkyl halides is 3. The summed E-state index contributed by atoms with van der Waals surface area (Å²) in [6, 6.07) is 16.2. The normalized spacial score (nSPS) is 19.0. The zero-order chi connectivity index (χ0) is 25.4. The highest BCUT2D eigenvalue weighted by atomic mass is 35.5. The van der Waals surface area contributed by atoms with Crippen LogP contribution in [-0.2, 0) is 16.2 Å². The number of hydrogen-bond acceptors (Lipinski definition) is 3. The Kier molecular flexibility index (Phi) is 7.15. The number of rotatable bonds is 5. The third-order valence-electron chi connectivity index (χ3n) is 5.77. The molecule has 1 aliphatic heterocycles. The maximum absolute atomic E-state index is 13.3. The first-order chi connectivity index (χ1) is 16.4. The second-order valence-electron chi connectivity index (χ2n) is 8.10. The lowest BCUT2D eigenvalue weighted by Gasteiger charge is -2.20. The predicted molar refractivity (Wildman–Crippen MR) is 127 cm³/mol. The predicted octanol–water partition coefficient (Wildman–Crippen LogP) is 5.60. The maximum atomic E-state index is 13.3. The van der Waals surface area contributed by atoms with Crippen molar-refractivity contribution < 1.29 is 26.4 Å². The van der Waals surface area contributed by atoms with E-state index in [2.05, 4.69) is 5.32 Å². The minimum absolute atomic E-state index is 0.0363. The molecule has 0 bridgehead atoms. The van der Waals surface area contributed by atoms with Crippen molar-refractivity contribution in [1.82, 2.24) is 9.62 Å². The van der Waals surface area contributed by atoms with Crippen molar-refractivity contribution in [2.24, 2.45) is 0 Å². The largest absolute Gasteiger partial charge is 0.416 e. The fraction of sp³-hybridized carbons (Fsp3) is 0.208. The van der Waals surface area contributed by atoms with E-state index in [0.717, 1.165) is 29.8 Å². The molecule has 3 aromatic rings. The molecular weight excluding hydrogens is 524 g/mol. The van der Waals surface area contributed by atoms with Crippen LogP contribution in [0.2, 0.25) is 10.0 Å². The number of carbonyl (C=O) groups is 1. The van der Waals surface area contributed by atoms with Crippen molar-refractivity contribution in [3.8, 4) is 0 Å². The van der Waals surface area contributed by atoms with Gasteiger partial charge in [-0.1, -0.05) is 53.5 Å². The molecule has 1 amide bonds. The van der Waals surface area contributed by atoms with Crippen molar-refractivity contribution in [2.75, 3.05) is 13.1 Å². The maximum Gasteiger partial charge on any atom is 0.416 e. The Morgan fingerprint density at radius 3 is 2.09 bits per heavy atom. The smallest absolute Gasteiger partial charge is 0.347 e. The molecule has 35 heavy (non-hydrogen) atoms. The van der Waals surface area contributed by atoms with Gasteiger partial charge >= 0.3 is 6.18 Å². The van der Waals surface area contributed by atoms with E-state index < -0.39 is 33.7 Å². The molecule has 5 nitrogen and oxygen atoms in total. The highest BCUT2D eigenvalue weighted by molar-refractivity contribution is 7.89. The number of halogens is 5. The molecule has 0 spiro atoms. The average Bonchev–Trinajstić information content (AvgIpc) is 3.23. The Hall–Kier alpha value is -2.59. The Balaban J connectivity index is 1.62. The number of nitrogens with one attached hydrogen (secondary N) is 1. The molecule has 1 N–H and O–H groups in total. The van der Waals surface area contributed by atoms with E-state index in [9.17, 15) is 26.4 Å². The van der Waals surface area contributed by atoms with Crippen LogP contribution in [0.3, 0.4) is 0 Å². The van der Waals surface area contributed by atoms with Crippen molar-refractivity contribution in [3.05, 3.63) is 99.5 Å². The third-order valence-corrected chi connectivity index (χ3v) is 8.06. The molecule has 2 atom stereocenters. The summed E-state index contributed by atoms with van der Waals surface area (Å²) in [5, 5.41) is 3.43. The molecule has 11 heteroatoms. The Morgan fingerprint density at radius 1 is 0.914 bits per heavy atom. The molecule has 0 saturated carbocycles. The zero-order valence-corrected chi connectivity index (χ0v) is 20.3. The van der Waals surface area contributed by atoms with Gasteiger partial charge in [-0.2, -0.15) is 17.5 Å². The van der Waals surface area contributed by atoms with Crippen LogP contribution in [0.1, 0.15) is 27.4 Å². The molecule has 4 rings (SSSR count). The SMILES string of the molecule is O=C(N[C@H]1CN(S(=O)(=O)c2ccc(C(F)(F)F)cc2)C[C@@H]1c1ccccc1)c1cc(Cl)cc(Cl)c1. The van der Waals surface area contributed by atoms with Crippen LogP contribution >= 0.6 is 23.2 Å². The van der Waals surface area contributed by atoms with Gasteiger partial charge in [0, 0.05) is 34.6 Å². The highest BCUT2D eigenvalue weighted by Gasteiger charge is 2.41. The van der Waals surface area contributed by atoms with Gasteiger partial charge in [0.15, 0.2) is 0 Å². The van der Waals surface area contributed by atoms with Crippen molar-refractivity contribution >= 4 is 39.1 Å². The van der Waals surface area contributed by atoms with E-state index in [1.807, 2.05) is 18.2 Å². The number of carbonyl (C=O) groups excluding carboxylic acids is 1. The standard InChI is InChI=1S/C24H19Cl2F3N2O3S/c25-18-10-16(11-19(26)12-18)23(32)30-22-14-31(13-21(22)15-4-2-1-3-5-15)35(33,34)20-8-6-17(7-9-20)24(27,28)29/h1-12,21-22H,13-14H2,(H,30,32)/t21-,22+/m1/s1. The van der Waals surface area contributed by atoms with Crippen LogP contribution in [0.25, 0.3) is 0 Å². The first-order valence-corrected chi connectivity index (χ1v) is 12.6. The number of nitrogens with zero attached hydrogens (tertiary/aromatic N) is 1. The van der Waals surface area contributed by atoms with Crippen LogP contribution in [0, 0.1) is 0 Å². The molecule has 1 fully saturated rings. The minimum Gasteiger partial charge on any atom is -0.347 e. The molecule has 0 radical (unpaired) electrons. The lowest BCUT2D eigenvalue weighted by molar-refractivity contribution is -0.137. The van der Waals surface area contributed by atoms with Crippen LogP contribution in [-0.4, -0.2) is 37.8 Å². The summed E-state index contributed by atoms with van der Waals surface area (Å²) in [6.07, 6.45) is -4.58. The van der Waals surface area contributed by atoms with Crippen LogP contribution in [0.15, 0.2) is 77.7 Å². The Labute approximate surface area is 210 Å². The molecule has 0 aromatic heterocycles. The fourth-order valence-electron chi connectivity index (χ4n) is 4.05. The lowest BCUT2D eigenvalue weighted by Crippen LogP contribution is -2.40. The Morgan fingerprint density at radius 2 is 1.51 bits per heavy atom. The topological polar surface area (TPSA) is 66.5 Å². The van der Waals surface area contributed by atoms with Crippen LogP contribution in [0.5, 0.6) is 0 Å². The van der Waals surface area contributed by atoms with Gasteiger partial charge in [0.1, 0.15) is 0 Å². The summed E-state index contributed by atoms with van der Waals surface area (Å²) in [4.78, 5) is 12.7. The molecule has 1 heterocycles. The minimum atomic E-state index is -4.58. The lowest BCUT2D eigenvalue weighted by atomic mass is 9.94. The van der Waals surface area contributed by atoms with Crippen molar-refractivity contribution in [3.63, 3.8) is 0 Å². The fourth-order valence-corrected chi connectivity index (χ4v) is 6.07. The molecule has 1 aliphatic rings. The van der Waals surface area contributed by atoms with E-state index in [0.29, 0.717) is 0 Å². The molecule has 0 unspecified atom stereocenters. The second kappa shape index (κ2) is 9.81. The Bertz CT molecular complexity index is 1310. The summed E-state index contributed by atoms with van der Waals surface area (Å²) >= 11 is 12.0. The molecular formula is C24H19Cl2F3N2O3S. The molecule has 184 valence electrons. The van der Waals surface area contributed by atoms with E-state index in [-0.39, 0.29) is 39.5 Å². The van der Waals surface area contributed by atoms with Gasteiger partial charge in [-0.15, -0.1) is 0 Å². The monoisotopic (exact) mass is 542 g/mol. The third kappa shape index (κ3) is 5.64. The van der Waals surface area contributed by atoms with Gasteiger partial charge in [0.05, 0.1) is 16.5 Å². The van der Waals surface area contributed by atoms with E-state index in [4.69, 9.17) is 23.2 Å². The number of amides is 1. The quantitative estimate of drug-likeness (QED) is 0.456. The van der Waals surface area contributed by atoms with E-state index in [1.165, 1.54) is 22.5 Å². The van der Waals surface area contributed by atoms with Gasteiger partial charge in [-0.25, -0.2) is 8.42 Å². The second-order valence-corrected chi connectivity index (χ2v) is 10.9. The van der Waals surface area contributed by atoms with Crippen molar-refractivity contribution in [2.45, 2.75) is 23.0 Å². The molecule has 0 aliphatic carbocycles. The van der Waals surface area contributed by atoms with Gasteiger partial charge in [-0.3, -0.25) is 4.79 Å².